The van der Waals surface area contributed by atoms with Crippen molar-refractivity contribution in [2.45, 2.75) is 6.36 Å². The zero-order valence-corrected chi connectivity index (χ0v) is 8.82. The Morgan fingerprint density at radius 3 is 2.31 bits per heavy atom. The summed E-state index contributed by atoms with van der Waals surface area (Å²) >= 11 is 10.9. The van der Waals surface area contributed by atoms with Crippen LogP contribution in [0.25, 0.3) is 0 Å². The van der Waals surface area contributed by atoms with Crippen molar-refractivity contribution >= 4 is 29.2 Å². The lowest BCUT2D eigenvalue weighted by Crippen LogP contribution is -2.17. The summed E-state index contributed by atoms with van der Waals surface area (Å²) in [6.45, 7) is 0. The first-order valence-corrected chi connectivity index (χ1v) is 4.44. The quantitative estimate of drug-likeness (QED) is 0.897. The second kappa shape index (κ2) is 4.39. The van der Waals surface area contributed by atoms with Crippen molar-refractivity contribution in [1.29, 1.82) is 0 Å². The maximum Gasteiger partial charge on any atom is 0.573 e. The zero-order chi connectivity index (χ0) is 12.5. The van der Waals surface area contributed by atoms with E-state index in [4.69, 9.17) is 28.3 Å². The Hall–Kier alpha value is -1.14. The number of alkyl halides is 3. The smallest absolute Gasteiger partial charge is 0.478 e. The lowest BCUT2D eigenvalue weighted by molar-refractivity contribution is -0.274. The average Bonchev–Trinajstić information content (AvgIpc) is 2.10. The van der Waals surface area contributed by atoms with Crippen LogP contribution < -0.4 is 4.74 Å². The Balaban J connectivity index is 3.22. The molecule has 0 aliphatic heterocycles. The predicted octanol–water partition coefficient (Wildman–Crippen LogP) is 3.59. The zero-order valence-electron chi connectivity index (χ0n) is 7.31. The van der Waals surface area contributed by atoms with Crippen molar-refractivity contribution in [3.8, 4) is 5.75 Å². The molecule has 0 heterocycles. The molecule has 3 nitrogen and oxygen atoms in total. The molecule has 0 aliphatic carbocycles. The molecule has 0 amide bonds. The molecule has 1 aromatic rings. The van der Waals surface area contributed by atoms with E-state index < -0.39 is 28.7 Å². The molecule has 0 unspecified atom stereocenters. The molecule has 88 valence electrons. The standard InChI is InChI=1S/C8H3Cl2F3O3/c9-4-1-3(7(14)15)2-5(6(4)10)16-8(11,12)13/h1-2H,(H,14,15). The number of aromatic carboxylic acids is 1. The largest absolute Gasteiger partial charge is 0.573 e. The number of hydrogen-bond donors (Lipinski definition) is 1. The van der Waals surface area contributed by atoms with Crippen molar-refractivity contribution in [2.75, 3.05) is 0 Å². The molecular weight excluding hydrogens is 272 g/mol. The van der Waals surface area contributed by atoms with Crippen LogP contribution in [0.3, 0.4) is 0 Å². The van der Waals surface area contributed by atoms with Gasteiger partial charge in [0.05, 0.1) is 10.6 Å². The fourth-order valence-corrected chi connectivity index (χ4v) is 1.24. The van der Waals surface area contributed by atoms with Gasteiger partial charge in [0.25, 0.3) is 0 Å². The molecule has 16 heavy (non-hydrogen) atoms. The summed E-state index contributed by atoms with van der Waals surface area (Å²) in [5.74, 6) is -2.29. The highest BCUT2D eigenvalue weighted by Gasteiger charge is 2.32. The Morgan fingerprint density at radius 2 is 1.88 bits per heavy atom. The van der Waals surface area contributed by atoms with Crippen LogP contribution in [0.1, 0.15) is 10.4 Å². The van der Waals surface area contributed by atoms with Gasteiger partial charge < -0.3 is 9.84 Å². The fourth-order valence-electron chi connectivity index (χ4n) is 0.886. The van der Waals surface area contributed by atoms with Crippen molar-refractivity contribution in [1.82, 2.24) is 0 Å². The van der Waals surface area contributed by atoms with Crippen LogP contribution in [0.4, 0.5) is 13.2 Å². The minimum Gasteiger partial charge on any atom is -0.478 e. The molecule has 0 atom stereocenters. The van der Waals surface area contributed by atoms with Crippen molar-refractivity contribution in [2.24, 2.45) is 0 Å². The van der Waals surface area contributed by atoms with Crippen LogP contribution in [-0.4, -0.2) is 17.4 Å². The molecular formula is C8H3Cl2F3O3. The Morgan fingerprint density at radius 1 is 1.31 bits per heavy atom. The Bertz CT molecular complexity index is 431. The SMILES string of the molecule is O=C(O)c1cc(Cl)c(Cl)c(OC(F)(F)F)c1. The number of hydrogen-bond acceptors (Lipinski definition) is 2. The molecule has 8 heteroatoms. The van der Waals surface area contributed by atoms with Gasteiger partial charge in [0.2, 0.25) is 0 Å². The second-order valence-electron chi connectivity index (χ2n) is 2.62. The molecule has 1 aromatic carbocycles. The molecule has 1 rings (SSSR count). The van der Waals surface area contributed by atoms with Gasteiger partial charge in [0.15, 0.2) is 0 Å². The first-order chi connectivity index (χ1) is 7.20. The monoisotopic (exact) mass is 274 g/mol. The summed E-state index contributed by atoms with van der Waals surface area (Å²) in [5, 5.41) is 7.76. The van der Waals surface area contributed by atoms with Gasteiger partial charge >= 0.3 is 12.3 Å². The first kappa shape index (κ1) is 12.9. The van der Waals surface area contributed by atoms with Gasteiger partial charge in [0.1, 0.15) is 10.8 Å². The lowest BCUT2D eigenvalue weighted by Gasteiger charge is -2.11. The van der Waals surface area contributed by atoms with E-state index in [-0.39, 0.29) is 5.02 Å². The minimum atomic E-state index is -4.97. The Kier molecular flexibility index (Phi) is 3.54. The second-order valence-corrected chi connectivity index (χ2v) is 3.41. The van der Waals surface area contributed by atoms with Crippen LogP contribution in [0.15, 0.2) is 12.1 Å². The molecule has 0 saturated heterocycles. The summed E-state index contributed by atoms with van der Waals surface area (Å²) in [6.07, 6.45) is -4.97. The van der Waals surface area contributed by atoms with E-state index in [9.17, 15) is 18.0 Å². The Labute approximate surface area is 97.3 Å². The summed E-state index contributed by atoms with van der Waals surface area (Å²) in [7, 11) is 0. The third-order valence-corrected chi connectivity index (χ3v) is 2.25. The third-order valence-electron chi connectivity index (χ3n) is 1.47. The summed E-state index contributed by atoms with van der Waals surface area (Å²) in [5.41, 5.74) is -0.450. The van der Waals surface area contributed by atoms with Crippen molar-refractivity contribution in [3.63, 3.8) is 0 Å². The lowest BCUT2D eigenvalue weighted by atomic mass is 10.2. The molecule has 0 aliphatic rings. The first-order valence-electron chi connectivity index (χ1n) is 3.69. The maximum absolute atomic E-state index is 11.9. The van der Waals surface area contributed by atoms with Gasteiger partial charge in [-0.3, -0.25) is 0 Å². The van der Waals surface area contributed by atoms with E-state index in [1.807, 2.05) is 0 Å². The normalized spacial score (nSPS) is 11.3. The topological polar surface area (TPSA) is 46.5 Å². The van der Waals surface area contributed by atoms with Crippen molar-refractivity contribution in [3.05, 3.63) is 27.7 Å². The van der Waals surface area contributed by atoms with Gasteiger partial charge in [-0.1, -0.05) is 23.2 Å². The van der Waals surface area contributed by atoms with Crippen LogP contribution in [0.5, 0.6) is 5.75 Å². The number of rotatable bonds is 2. The van der Waals surface area contributed by atoms with E-state index >= 15 is 0 Å². The summed E-state index contributed by atoms with van der Waals surface area (Å²) < 4.78 is 39.3. The van der Waals surface area contributed by atoms with E-state index in [2.05, 4.69) is 4.74 Å². The highest BCUT2D eigenvalue weighted by atomic mass is 35.5. The molecule has 0 radical (unpaired) electrons. The van der Waals surface area contributed by atoms with Crippen LogP contribution >= 0.6 is 23.2 Å². The van der Waals surface area contributed by atoms with E-state index in [0.29, 0.717) is 6.07 Å². The highest BCUT2D eigenvalue weighted by Crippen LogP contribution is 2.36. The van der Waals surface area contributed by atoms with E-state index in [1.54, 1.807) is 0 Å². The minimum absolute atomic E-state index is 0.333. The maximum atomic E-state index is 11.9. The fraction of sp³-hybridized carbons (Fsp3) is 0.125. The number of benzene rings is 1. The number of carboxylic acid groups (broad SMARTS) is 1. The number of carbonyl (C=O) groups is 1. The number of ether oxygens (including phenoxy) is 1. The van der Waals surface area contributed by atoms with Crippen LogP contribution in [-0.2, 0) is 0 Å². The number of halogens is 5. The molecule has 0 saturated carbocycles. The van der Waals surface area contributed by atoms with Gasteiger partial charge in [-0.25, -0.2) is 4.79 Å². The van der Waals surface area contributed by atoms with Gasteiger partial charge in [0, 0.05) is 0 Å². The van der Waals surface area contributed by atoms with Gasteiger partial charge in [-0.05, 0) is 12.1 Å². The van der Waals surface area contributed by atoms with E-state index in [1.165, 1.54) is 0 Å². The molecule has 1 N–H and O–H groups in total. The van der Waals surface area contributed by atoms with Crippen LogP contribution in [0.2, 0.25) is 10.0 Å². The van der Waals surface area contributed by atoms with E-state index in [0.717, 1.165) is 6.07 Å². The summed E-state index contributed by atoms with van der Waals surface area (Å²) in [6, 6.07) is 1.57. The summed E-state index contributed by atoms with van der Waals surface area (Å²) in [4.78, 5) is 10.5. The molecule has 0 bridgehead atoms. The predicted molar refractivity (Wildman–Crippen MR) is 50.1 cm³/mol. The molecule has 0 fully saturated rings. The molecule has 0 aromatic heterocycles. The average molecular weight is 275 g/mol. The van der Waals surface area contributed by atoms with Gasteiger partial charge in [-0.2, -0.15) is 0 Å². The highest BCUT2D eigenvalue weighted by molar-refractivity contribution is 6.43. The van der Waals surface area contributed by atoms with Crippen LogP contribution in [0, 0.1) is 0 Å². The van der Waals surface area contributed by atoms with Gasteiger partial charge in [-0.15, -0.1) is 13.2 Å². The van der Waals surface area contributed by atoms with Crippen molar-refractivity contribution < 1.29 is 27.8 Å². The number of carboxylic acids is 1. The molecule has 0 spiro atoms. The third kappa shape index (κ3) is 3.18.